The fraction of sp³-hybridized carbons (Fsp3) is 0.350. The van der Waals surface area contributed by atoms with Crippen LogP contribution in [0.1, 0.15) is 16.7 Å². The number of tetrazole rings is 1. The lowest BCUT2D eigenvalue weighted by atomic mass is 10.1. The van der Waals surface area contributed by atoms with Crippen LogP contribution in [-0.2, 0) is 20.2 Å². The fourth-order valence-corrected chi connectivity index (χ4v) is 3.94. The highest BCUT2D eigenvalue weighted by atomic mass is 79.9. The highest BCUT2D eigenvalue weighted by molar-refractivity contribution is 9.10. The number of hydrogen-bond donors (Lipinski definition) is 1. The van der Waals surface area contributed by atoms with E-state index >= 15 is 0 Å². The Bertz CT molecular complexity index is 950. The Labute approximate surface area is 183 Å². The second-order valence-electron chi connectivity index (χ2n) is 6.48. The van der Waals surface area contributed by atoms with Gasteiger partial charge in [0.2, 0.25) is 5.16 Å². The molecule has 7 nitrogen and oxygen atoms in total. The monoisotopic (exact) mass is 477 g/mol. The van der Waals surface area contributed by atoms with Crippen LogP contribution in [0.4, 0.5) is 0 Å². The molecule has 0 saturated carbocycles. The van der Waals surface area contributed by atoms with E-state index in [1.807, 2.05) is 25.2 Å². The van der Waals surface area contributed by atoms with Gasteiger partial charge in [-0.15, -0.1) is 5.10 Å². The molecule has 0 bridgehead atoms. The first-order valence-corrected chi connectivity index (χ1v) is 11.0. The molecule has 2 aromatic carbocycles. The largest absolute Gasteiger partial charge is 0.493 e. The average Bonchev–Trinajstić information content (AvgIpc) is 3.12. The molecule has 0 amide bonds. The molecule has 0 aliphatic heterocycles. The number of rotatable bonds is 10. The molecule has 0 fully saturated rings. The molecule has 1 heterocycles. The fourth-order valence-electron chi connectivity index (χ4n) is 2.73. The van der Waals surface area contributed by atoms with E-state index in [0.717, 1.165) is 44.6 Å². The van der Waals surface area contributed by atoms with Gasteiger partial charge in [0.1, 0.15) is 6.61 Å². The zero-order valence-corrected chi connectivity index (χ0v) is 19.1. The predicted molar refractivity (Wildman–Crippen MR) is 117 cm³/mol. The van der Waals surface area contributed by atoms with Crippen molar-refractivity contribution in [1.82, 2.24) is 25.5 Å². The first kappa shape index (κ1) is 21.6. The summed E-state index contributed by atoms with van der Waals surface area (Å²) < 4.78 is 14.2. The SMILES string of the molecule is COc1cc(CNCCSc2nnnn2C)c(Br)cc1OCc1cccc(C)c1. The molecule has 9 heteroatoms. The maximum atomic E-state index is 6.00. The Kier molecular flexibility index (Phi) is 7.91. The third-order valence-corrected chi connectivity index (χ3v) is 5.97. The number of nitrogens with one attached hydrogen (secondary N) is 1. The minimum Gasteiger partial charge on any atom is -0.493 e. The second kappa shape index (κ2) is 10.6. The second-order valence-corrected chi connectivity index (χ2v) is 8.40. The first-order chi connectivity index (χ1) is 14.1. The zero-order valence-electron chi connectivity index (χ0n) is 16.7. The first-order valence-electron chi connectivity index (χ1n) is 9.17. The average molecular weight is 478 g/mol. The van der Waals surface area contributed by atoms with Gasteiger partial charge in [0.25, 0.3) is 0 Å². The van der Waals surface area contributed by atoms with Crippen LogP contribution in [0, 0.1) is 6.92 Å². The van der Waals surface area contributed by atoms with E-state index in [0.29, 0.717) is 13.2 Å². The Hall–Kier alpha value is -2.10. The summed E-state index contributed by atoms with van der Waals surface area (Å²) in [4.78, 5) is 0. The maximum absolute atomic E-state index is 6.00. The van der Waals surface area contributed by atoms with E-state index in [9.17, 15) is 0 Å². The Morgan fingerprint density at radius 3 is 2.79 bits per heavy atom. The summed E-state index contributed by atoms with van der Waals surface area (Å²) in [5.41, 5.74) is 3.45. The van der Waals surface area contributed by atoms with Crippen molar-refractivity contribution in [2.75, 3.05) is 19.4 Å². The summed E-state index contributed by atoms with van der Waals surface area (Å²) >= 11 is 5.26. The third kappa shape index (κ3) is 6.19. The van der Waals surface area contributed by atoms with Crippen molar-refractivity contribution in [3.05, 3.63) is 57.6 Å². The number of nitrogens with zero attached hydrogens (tertiary/aromatic N) is 4. The minimum atomic E-state index is 0.496. The summed E-state index contributed by atoms with van der Waals surface area (Å²) in [5.74, 6) is 2.31. The Morgan fingerprint density at radius 2 is 2.07 bits per heavy atom. The molecule has 1 N–H and O–H groups in total. The van der Waals surface area contributed by atoms with Gasteiger partial charge >= 0.3 is 0 Å². The number of ether oxygens (including phenoxy) is 2. The number of halogens is 1. The highest BCUT2D eigenvalue weighted by Crippen LogP contribution is 2.34. The molecule has 29 heavy (non-hydrogen) atoms. The molecule has 0 saturated heterocycles. The van der Waals surface area contributed by atoms with E-state index in [1.165, 1.54) is 5.56 Å². The summed E-state index contributed by atoms with van der Waals surface area (Å²) in [6, 6.07) is 12.3. The van der Waals surface area contributed by atoms with E-state index in [2.05, 4.69) is 61.9 Å². The van der Waals surface area contributed by atoms with Gasteiger partial charge in [-0.25, -0.2) is 4.68 Å². The van der Waals surface area contributed by atoms with Crippen LogP contribution in [-0.4, -0.2) is 39.6 Å². The number of benzene rings is 2. The van der Waals surface area contributed by atoms with E-state index in [-0.39, 0.29) is 0 Å². The van der Waals surface area contributed by atoms with Gasteiger partial charge in [0, 0.05) is 30.4 Å². The molecular formula is C20H24BrN5O2S. The van der Waals surface area contributed by atoms with Crippen LogP contribution in [0.5, 0.6) is 11.5 Å². The molecule has 0 aliphatic rings. The lowest BCUT2D eigenvalue weighted by molar-refractivity contribution is 0.284. The van der Waals surface area contributed by atoms with Crippen LogP contribution in [0.25, 0.3) is 0 Å². The van der Waals surface area contributed by atoms with Crippen LogP contribution in [0.15, 0.2) is 46.0 Å². The van der Waals surface area contributed by atoms with Crippen molar-refractivity contribution in [2.24, 2.45) is 7.05 Å². The Morgan fingerprint density at radius 1 is 1.21 bits per heavy atom. The van der Waals surface area contributed by atoms with E-state index in [4.69, 9.17) is 9.47 Å². The smallest absolute Gasteiger partial charge is 0.209 e. The highest BCUT2D eigenvalue weighted by Gasteiger charge is 2.11. The van der Waals surface area contributed by atoms with Gasteiger partial charge in [0.05, 0.1) is 7.11 Å². The van der Waals surface area contributed by atoms with Gasteiger partial charge < -0.3 is 14.8 Å². The van der Waals surface area contributed by atoms with Crippen molar-refractivity contribution in [2.45, 2.75) is 25.2 Å². The minimum absolute atomic E-state index is 0.496. The molecular weight excluding hydrogens is 454 g/mol. The van der Waals surface area contributed by atoms with E-state index < -0.39 is 0 Å². The summed E-state index contributed by atoms with van der Waals surface area (Å²) in [5, 5.41) is 15.7. The van der Waals surface area contributed by atoms with Crippen molar-refractivity contribution >= 4 is 27.7 Å². The predicted octanol–water partition coefficient (Wildman–Crippen LogP) is 3.75. The van der Waals surface area contributed by atoms with Gasteiger partial charge in [-0.1, -0.05) is 57.5 Å². The van der Waals surface area contributed by atoms with Gasteiger partial charge in [0.15, 0.2) is 11.5 Å². The standard InChI is InChI=1S/C20H24BrN5O2S/c1-14-5-4-6-15(9-14)13-28-19-11-17(21)16(10-18(19)27-3)12-22-7-8-29-20-23-24-25-26(20)2/h4-6,9-11,22H,7-8,12-13H2,1-3H3. The molecule has 0 unspecified atom stereocenters. The van der Waals surface area contributed by atoms with Crippen LogP contribution in [0.2, 0.25) is 0 Å². The number of thioether (sulfide) groups is 1. The molecule has 0 radical (unpaired) electrons. The summed E-state index contributed by atoms with van der Waals surface area (Å²) in [6.07, 6.45) is 0. The zero-order chi connectivity index (χ0) is 20.6. The number of aryl methyl sites for hydroxylation is 2. The molecule has 3 rings (SSSR count). The quantitative estimate of drug-likeness (QED) is 0.352. The van der Waals surface area contributed by atoms with Gasteiger partial charge in [-0.3, -0.25) is 0 Å². The molecule has 3 aromatic rings. The Balaban J connectivity index is 1.54. The van der Waals surface area contributed by atoms with Crippen molar-refractivity contribution in [1.29, 1.82) is 0 Å². The molecule has 1 aromatic heterocycles. The topological polar surface area (TPSA) is 74.1 Å². The number of aromatic nitrogens is 4. The maximum Gasteiger partial charge on any atom is 0.209 e. The van der Waals surface area contributed by atoms with E-state index in [1.54, 1.807) is 23.6 Å². The van der Waals surface area contributed by atoms with Crippen LogP contribution in [0.3, 0.4) is 0 Å². The summed E-state index contributed by atoms with van der Waals surface area (Å²) in [6.45, 7) is 4.12. The molecule has 0 aliphatic carbocycles. The molecule has 0 spiro atoms. The lowest BCUT2D eigenvalue weighted by Gasteiger charge is -2.15. The molecule has 0 atom stereocenters. The van der Waals surface area contributed by atoms with Crippen molar-refractivity contribution in [3.63, 3.8) is 0 Å². The van der Waals surface area contributed by atoms with Crippen LogP contribution < -0.4 is 14.8 Å². The normalized spacial score (nSPS) is 10.9. The number of hydrogen-bond acceptors (Lipinski definition) is 7. The van der Waals surface area contributed by atoms with Crippen molar-refractivity contribution in [3.8, 4) is 11.5 Å². The molecule has 154 valence electrons. The van der Waals surface area contributed by atoms with Crippen LogP contribution >= 0.6 is 27.7 Å². The van der Waals surface area contributed by atoms with Crippen molar-refractivity contribution < 1.29 is 9.47 Å². The summed E-state index contributed by atoms with van der Waals surface area (Å²) in [7, 11) is 3.49. The lowest BCUT2D eigenvalue weighted by Crippen LogP contribution is -2.17. The third-order valence-electron chi connectivity index (χ3n) is 4.22. The van der Waals surface area contributed by atoms with Gasteiger partial charge in [-0.05, 0) is 40.6 Å². The van der Waals surface area contributed by atoms with Gasteiger partial charge in [-0.2, -0.15) is 0 Å². The number of methoxy groups -OCH3 is 1.